The lowest BCUT2D eigenvalue weighted by atomic mass is 9.44. The summed E-state index contributed by atoms with van der Waals surface area (Å²) in [5.41, 5.74) is 1.00. The Kier molecular flexibility index (Phi) is 6.84. The zero-order valence-electron chi connectivity index (χ0n) is 20.9. The molecule has 4 fully saturated rings. The minimum atomic E-state index is -0.0572. The van der Waals surface area contributed by atoms with Gasteiger partial charge in [-0.2, -0.15) is 0 Å². The van der Waals surface area contributed by atoms with Gasteiger partial charge in [0, 0.05) is 0 Å². The van der Waals surface area contributed by atoms with Crippen molar-refractivity contribution in [1.29, 1.82) is 0 Å². The third-order valence-corrected chi connectivity index (χ3v) is 11.3. The fraction of sp³-hybridized carbons (Fsp3) is 0.964. The molecule has 0 aromatic heterocycles. The highest BCUT2D eigenvalue weighted by molar-refractivity contribution is 5.71. The third-order valence-electron chi connectivity index (χ3n) is 11.3. The van der Waals surface area contributed by atoms with E-state index in [2.05, 4.69) is 20.8 Å². The Morgan fingerprint density at radius 3 is 2.42 bits per heavy atom. The molecule has 0 aromatic rings. The standard InChI is InChI=1S/C28H48O3/c1-18(7-6-8-19(2)26(30)31-5)23-11-12-24-22-10-9-20-17-21(29)13-15-27(20,3)25(22)14-16-28(23,24)4/h18-25,29H,6-17H2,1-5H3. The molecule has 178 valence electrons. The van der Waals surface area contributed by atoms with Crippen LogP contribution in [0.5, 0.6) is 0 Å². The van der Waals surface area contributed by atoms with Gasteiger partial charge in [0.1, 0.15) is 0 Å². The fourth-order valence-electron chi connectivity index (χ4n) is 9.48. The second-order valence-corrected chi connectivity index (χ2v) is 12.6. The molecule has 4 saturated carbocycles. The van der Waals surface area contributed by atoms with Crippen LogP contribution in [-0.2, 0) is 9.53 Å². The number of esters is 1. The molecule has 0 saturated heterocycles. The molecular formula is C28H48O3. The number of ether oxygens (including phenoxy) is 1. The number of carbonyl (C=O) groups is 1. The molecular weight excluding hydrogens is 384 g/mol. The summed E-state index contributed by atoms with van der Waals surface area (Å²) in [7, 11) is 1.50. The highest BCUT2D eigenvalue weighted by Gasteiger charge is 2.60. The molecule has 0 bridgehead atoms. The van der Waals surface area contributed by atoms with E-state index in [1.807, 2.05) is 6.92 Å². The highest BCUT2D eigenvalue weighted by Crippen LogP contribution is 2.68. The van der Waals surface area contributed by atoms with Gasteiger partial charge in [-0.1, -0.05) is 40.5 Å². The second-order valence-electron chi connectivity index (χ2n) is 12.6. The minimum Gasteiger partial charge on any atom is -0.469 e. The van der Waals surface area contributed by atoms with Crippen LogP contribution < -0.4 is 0 Å². The third kappa shape index (κ3) is 4.11. The Morgan fingerprint density at radius 1 is 0.968 bits per heavy atom. The van der Waals surface area contributed by atoms with Crippen molar-refractivity contribution in [2.24, 2.45) is 52.3 Å². The van der Waals surface area contributed by atoms with Crippen LogP contribution in [0.4, 0.5) is 0 Å². The van der Waals surface area contributed by atoms with Crippen LogP contribution in [0.25, 0.3) is 0 Å². The number of methoxy groups -OCH3 is 1. The Bertz CT molecular complexity index is 646. The zero-order valence-corrected chi connectivity index (χ0v) is 20.9. The minimum absolute atomic E-state index is 0.0319. The summed E-state index contributed by atoms with van der Waals surface area (Å²) in [6.07, 6.45) is 15.1. The van der Waals surface area contributed by atoms with Crippen molar-refractivity contribution in [2.75, 3.05) is 7.11 Å². The van der Waals surface area contributed by atoms with E-state index in [0.717, 1.165) is 61.2 Å². The fourth-order valence-corrected chi connectivity index (χ4v) is 9.48. The molecule has 4 aliphatic carbocycles. The van der Waals surface area contributed by atoms with Crippen LogP contribution in [-0.4, -0.2) is 24.3 Å². The molecule has 10 atom stereocenters. The maximum absolute atomic E-state index is 11.7. The van der Waals surface area contributed by atoms with Gasteiger partial charge in [0.2, 0.25) is 0 Å². The predicted molar refractivity (Wildman–Crippen MR) is 125 cm³/mol. The van der Waals surface area contributed by atoms with Crippen molar-refractivity contribution in [3.8, 4) is 0 Å². The van der Waals surface area contributed by atoms with Crippen molar-refractivity contribution in [2.45, 2.75) is 111 Å². The van der Waals surface area contributed by atoms with Crippen molar-refractivity contribution < 1.29 is 14.6 Å². The van der Waals surface area contributed by atoms with Gasteiger partial charge in [-0.05, 0) is 111 Å². The average Bonchev–Trinajstić information content (AvgIpc) is 3.10. The summed E-state index contributed by atoms with van der Waals surface area (Å²) < 4.78 is 4.91. The van der Waals surface area contributed by atoms with Gasteiger partial charge < -0.3 is 9.84 Å². The molecule has 4 aliphatic rings. The number of fused-ring (bicyclic) bond motifs is 5. The van der Waals surface area contributed by atoms with Gasteiger partial charge in [-0.25, -0.2) is 0 Å². The topological polar surface area (TPSA) is 46.5 Å². The normalized spacial score (nSPS) is 46.4. The van der Waals surface area contributed by atoms with Crippen molar-refractivity contribution in [1.82, 2.24) is 0 Å². The monoisotopic (exact) mass is 432 g/mol. The van der Waals surface area contributed by atoms with Gasteiger partial charge in [0.15, 0.2) is 0 Å². The molecule has 4 rings (SSSR count). The van der Waals surface area contributed by atoms with Crippen LogP contribution >= 0.6 is 0 Å². The van der Waals surface area contributed by atoms with Crippen LogP contribution in [0.1, 0.15) is 105 Å². The quantitative estimate of drug-likeness (QED) is 0.480. The van der Waals surface area contributed by atoms with Crippen LogP contribution in [0.15, 0.2) is 0 Å². The number of rotatable bonds is 6. The van der Waals surface area contributed by atoms with Crippen LogP contribution in [0.2, 0.25) is 0 Å². The largest absolute Gasteiger partial charge is 0.469 e. The maximum atomic E-state index is 11.7. The Hall–Kier alpha value is -0.570. The van der Waals surface area contributed by atoms with Crippen LogP contribution in [0, 0.1) is 52.3 Å². The zero-order chi connectivity index (χ0) is 22.4. The molecule has 3 nitrogen and oxygen atoms in total. The highest BCUT2D eigenvalue weighted by atomic mass is 16.5. The average molecular weight is 433 g/mol. The number of hydrogen-bond donors (Lipinski definition) is 1. The SMILES string of the molecule is COC(=O)C(C)CCCC(C)C1CCC2C3CCC4CC(O)CCC4(C)C3CCC12C. The van der Waals surface area contributed by atoms with Gasteiger partial charge >= 0.3 is 5.97 Å². The van der Waals surface area contributed by atoms with E-state index < -0.39 is 0 Å². The smallest absolute Gasteiger partial charge is 0.308 e. The molecule has 10 unspecified atom stereocenters. The van der Waals surface area contributed by atoms with E-state index in [4.69, 9.17) is 4.74 Å². The predicted octanol–water partition coefficient (Wildman–Crippen LogP) is 6.62. The van der Waals surface area contributed by atoms with Crippen molar-refractivity contribution in [3.05, 3.63) is 0 Å². The molecule has 0 aliphatic heterocycles. The first kappa shape index (κ1) is 23.6. The Balaban J connectivity index is 1.39. The number of carbonyl (C=O) groups excluding carboxylic acids is 1. The molecule has 1 N–H and O–H groups in total. The Morgan fingerprint density at radius 2 is 1.68 bits per heavy atom. The maximum Gasteiger partial charge on any atom is 0.308 e. The van der Waals surface area contributed by atoms with Gasteiger partial charge in [-0.15, -0.1) is 0 Å². The summed E-state index contributed by atoms with van der Waals surface area (Å²) in [6.45, 7) is 9.75. The van der Waals surface area contributed by atoms with Gasteiger partial charge in [0.05, 0.1) is 19.1 Å². The van der Waals surface area contributed by atoms with E-state index >= 15 is 0 Å². The molecule has 3 heteroatoms. The summed E-state index contributed by atoms with van der Waals surface area (Å²) in [6, 6.07) is 0. The van der Waals surface area contributed by atoms with Gasteiger partial charge in [0.25, 0.3) is 0 Å². The lowest BCUT2D eigenvalue weighted by Gasteiger charge is -2.61. The first-order valence-corrected chi connectivity index (χ1v) is 13.5. The lowest BCUT2D eigenvalue weighted by Crippen LogP contribution is -2.54. The summed E-state index contributed by atoms with van der Waals surface area (Å²) in [4.78, 5) is 11.7. The summed E-state index contributed by atoms with van der Waals surface area (Å²) >= 11 is 0. The molecule has 0 spiro atoms. The second kappa shape index (κ2) is 8.99. The molecule has 0 amide bonds. The Labute approximate surface area is 191 Å². The van der Waals surface area contributed by atoms with Crippen LogP contribution in [0.3, 0.4) is 0 Å². The van der Waals surface area contributed by atoms with Gasteiger partial charge in [-0.3, -0.25) is 4.79 Å². The number of aliphatic hydroxyl groups excluding tert-OH is 1. The van der Waals surface area contributed by atoms with E-state index in [0.29, 0.717) is 10.8 Å². The molecule has 0 heterocycles. The number of aliphatic hydroxyl groups is 1. The van der Waals surface area contributed by atoms with E-state index in [1.54, 1.807) is 0 Å². The first-order chi connectivity index (χ1) is 14.7. The van der Waals surface area contributed by atoms with E-state index in [1.165, 1.54) is 58.5 Å². The first-order valence-electron chi connectivity index (χ1n) is 13.5. The summed E-state index contributed by atoms with van der Waals surface area (Å²) in [5.74, 6) is 5.08. The summed E-state index contributed by atoms with van der Waals surface area (Å²) in [5, 5.41) is 10.3. The molecule has 0 aromatic carbocycles. The molecule has 31 heavy (non-hydrogen) atoms. The van der Waals surface area contributed by atoms with E-state index in [-0.39, 0.29) is 18.0 Å². The van der Waals surface area contributed by atoms with Crippen molar-refractivity contribution >= 4 is 5.97 Å². The lowest BCUT2D eigenvalue weighted by molar-refractivity contribution is -0.145. The van der Waals surface area contributed by atoms with Crippen molar-refractivity contribution in [3.63, 3.8) is 0 Å². The van der Waals surface area contributed by atoms with E-state index in [9.17, 15) is 9.90 Å². The number of hydrogen-bond acceptors (Lipinski definition) is 3. The molecule has 0 radical (unpaired) electrons.